The third kappa shape index (κ3) is 2.73. The number of rotatable bonds is 3. The molecule has 1 unspecified atom stereocenters. The first-order chi connectivity index (χ1) is 12.0. The maximum absolute atomic E-state index is 12.9. The van der Waals surface area contributed by atoms with E-state index in [0.717, 1.165) is 16.9 Å². The molecule has 2 aliphatic heterocycles. The molecule has 1 atom stereocenters. The molecule has 0 saturated carbocycles. The first-order valence-corrected chi connectivity index (χ1v) is 8.71. The summed E-state index contributed by atoms with van der Waals surface area (Å²) >= 11 is 0. The minimum absolute atomic E-state index is 0.0192. The molecule has 1 aromatic heterocycles. The van der Waals surface area contributed by atoms with E-state index in [0.29, 0.717) is 26.2 Å². The molecular weight excluding hydrogens is 320 g/mol. The van der Waals surface area contributed by atoms with Crippen LogP contribution in [0.15, 0.2) is 24.3 Å². The Morgan fingerprint density at radius 1 is 1.32 bits per heavy atom. The fourth-order valence-electron chi connectivity index (χ4n) is 3.65. The average molecular weight is 342 g/mol. The number of benzene rings is 1. The number of aromatic nitrogens is 2. The summed E-state index contributed by atoms with van der Waals surface area (Å²) in [7, 11) is 0. The fourth-order valence-corrected chi connectivity index (χ4v) is 3.65. The van der Waals surface area contributed by atoms with Crippen LogP contribution in [-0.4, -0.2) is 63.6 Å². The second-order valence-corrected chi connectivity index (χ2v) is 6.96. The third-order valence-corrected chi connectivity index (χ3v) is 4.96. The van der Waals surface area contributed by atoms with Gasteiger partial charge in [0.2, 0.25) is 5.91 Å². The van der Waals surface area contributed by atoms with Crippen molar-refractivity contribution in [1.82, 2.24) is 19.4 Å². The Labute approximate surface area is 146 Å². The molecule has 2 saturated heterocycles. The van der Waals surface area contributed by atoms with Gasteiger partial charge in [-0.3, -0.25) is 9.69 Å². The summed E-state index contributed by atoms with van der Waals surface area (Å²) in [6, 6.07) is 7.89. The van der Waals surface area contributed by atoms with Crippen molar-refractivity contribution < 1.29 is 14.3 Å². The Hall–Kier alpha value is -2.57. The molecule has 0 aliphatic carbocycles. The largest absolute Gasteiger partial charge is 0.447 e. The number of carbonyl (C=O) groups is 2. The second-order valence-electron chi connectivity index (χ2n) is 6.96. The number of imidazole rings is 1. The molecule has 7 heteroatoms. The lowest BCUT2D eigenvalue weighted by Crippen LogP contribution is -2.54. The highest BCUT2D eigenvalue weighted by Gasteiger charge is 2.38. The summed E-state index contributed by atoms with van der Waals surface area (Å²) < 4.78 is 7.09. The smallest absolute Gasteiger partial charge is 0.410 e. The van der Waals surface area contributed by atoms with Crippen molar-refractivity contribution in [3.63, 3.8) is 0 Å². The fraction of sp³-hybridized carbons (Fsp3) is 0.500. The number of hydrogen-bond acceptors (Lipinski definition) is 4. The van der Waals surface area contributed by atoms with E-state index in [4.69, 9.17) is 9.72 Å². The van der Waals surface area contributed by atoms with Gasteiger partial charge in [-0.15, -0.1) is 0 Å². The van der Waals surface area contributed by atoms with Crippen LogP contribution in [0.25, 0.3) is 11.0 Å². The van der Waals surface area contributed by atoms with Crippen molar-refractivity contribution in [2.24, 2.45) is 0 Å². The van der Waals surface area contributed by atoms with E-state index < -0.39 is 0 Å². The predicted molar refractivity (Wildman–Crippen MR) is 92.2 cm³/mol. The van der Waals surface area contributed by atoms with Gasteiger partial charge in [-0.05, 0) is 12.1 Å². The van der Waals surface area contributed by atoms with Crippen molar-refractivity contribution in [1.29, 1.82) is 0 Å². The highest BCUT2D eigenvalue weighted by molar-refractivity contribution is 5.81. The number of amides is 2. The molecule has 132 valence electrons. The number of nitrogens with zero attached hydrogens (tertiary/aromatic N) is 4. The van der Waals surface area contributed by atoms with E-state index in [-0.39, 0.29) is 30.5 Å². The van der Waals surface area contributed by atoms with Crippen molar-refractivity contribution in [3.8, 4) is 0 Å². The molecule has 1 aromatic carbocycles. The Morgan fingerprint density at radius 3 is 2.92 bits per heavy atom. The maximum Gasteiger partial charge on any atom is 0.410 e. The molecule has 2 amide bonds. The van der Waals surface area contributed by atoms with Gasteiger partial charge >= 0.3 is 6.09 Å². The van der Waals surface area contributed by atoms with Crippen LogP contribution < -0.4 is 0 Å². The molecule has 7 nitrogen and oxygen atoms in total. The number of ether oxygens (including phenoxy) is 1. The molecule has 25 heavy (non-hydrogen) atoms. The summed E-state index contributed by atoms with van der Waals surface area (Å²) in [5.41, 5.74) is 1.90. The molecule has 0 N–H and O–H groups in total. The third-order valence-electron chi connectivity index (χ3n) is 4.96. The van der Waals surface area contributed by atoms with Crippen molar-refractivity contribution in [2.45, 2.75) is 32.4 Å². The van der Waals surface area contributed by atoms with Crippen LogP contribution in [0.5, 0.6) is 0 Å². The summed E-state index contributed by atoms with van der Waals surface area (Å²) in [5, 5.41) is 0. The van der Waals surface area contributed by atoms with E-state index in [1.54, 1.807) is 4.90 Å². The average Bonchev–Trinajstić information content (AvgIpc) is 3.16. The van der Waals surface area contributed by atoms with E-state index in [1.807, 2.05) is 33.7 Å². The molecule has 2 aromatic rings. The summed E-state index contributed by atoms with van der Waals surface area (Å²) in [6.45, 7) is 6.44. The van der Waals surface area contributed by atoms with Gasteiger partial charge in [-0.2, -0.15) is 0 Å². The van der Waals surface area contributed by atoms with Gasteiger partial charge in [0, 0.05) is 25.6 Å². The Balaban J connectivity index is 1.56. The minimum Gasteiger partial charge on any atom is -0.447 e. The van der Waals surface area contributed by atoms with Gasteiger partial charge in [0.05, 0.1) is 17.1 Å². The zero-order valence-electron chi connectivity index (χ0n) is 14.5. The first kappa shape index (κ1) is 15.9. The molecule has 0 radical (unpaired) electrons. The molecule has 3 heterocycles. The number of piperazine rings is 1. The highest BCUT2D eigenvalue weighted by Crippen LogP contribution is 2.23. The van der Waals surface area contributed by atoms with E-state index in [2.05, 4.69) is 13.8 Å². The molecular formula is C18H22N4O3. The second kappa shape index (κ2) is 6.06. The Morgan fingerprint density at radius 2 is 2.12 bits per heavy atom. The summed E-state index contributed by atoms with van der Waals surface area (Å²) in [4.78, 5) is 32.7. The van der Waals surface area contributed by atoms with Gasteiger partial charge in [0.15, 0.2) is 0 Å². The van der Waals surface area contributed by atoms with Crippen molar-refractivity contribution in [3.05, 3.63) is 30.1 Å². The van der Waals surface area contributed by atoms with Crippen molar-refractivity contribution in [2.75, 3.05) is 26.2 Å². The molecule has 4 rings (SSSR count). The zero-order valence-corrected chi connectivity index (χ0v) is 14.5. The number of fused-ring (bicyclic) bond motifs is 2. The number of carbonyl (C=O) groups excluding carboxylic acids is 2. The number of hydrogen-bond donors (Lipinski definition) is 0. The lowest BCUT2D eigenvalue weighted by molar-refractivity contribution is -0.134. The Kier molecular flexibility index (Phi) is 3.86. The topological polar surface area (TPSA) is 67.7 Å². The minimum atomic E-state index is -0.264. The van der Waals surface area contributed by atoms with Gasteiger partial charge in [-0.1, -0.05) is 26.0 Å². The van der Waals surface area contributed by atoms with Crippen LogP contribution in [0.1, 0.15) is 25.6 Å². The van der Waals surface area contributed by atoms with E-state index in [1.165, 1.54) is 0 Å². The lowest BCUT2D eigenvalue weighted by Gasteiger charge is -2.35. The maximum atomic E-state index is 12.9. The Bertz CT molecular complexity index is 829. The van der Waals surface area contributed by atoms with Crippen LogP contribution in [0, 0.1) is 0 Å². The summed E-state index contributed by atoms with van der Waals surface area (Å²) in [5.74, 6) is 1.22. The van der Waals surface area contributed by atoms with E-state index >= 15 is 0 Å². The highest BCUT2D eigenvalue weighted by atomic mass is 16.6. The van der Waals surface area contributed by atoms with Crippen LogP contribution in [0.4, 0.5) is 4.79 Å². The SMILES string of the molecule is CC(C)c1nc2ccccc2n1CC(=O)N1CCN2C(=O)OCC2C1. The molecule has 2 aliphatic rings. The molecule has 0 spiro atoms. The van der Waals surface area contributed by atoms with Crippen LogP contribution in [-0.2, 0) is 16.1 Å². The normalized spacial score (nSPS) is 20.3. The van der Waals surface area contributed by atoms with Gasteiger partial charge < -0.3 is 14.2 Å². The van der Waals surface area contributed by atoms with Crippen LogP contribution in [0.2, 0.25) is 0 Å². The van der Waals surface area contributed by atoms with Crippen molar-refractivity contribution >= 4 is 23.0 Å². The quantitative estimate of drug-likeness (QED) is 0.853. The standard InChI is InChI=1S/C18H22N4O3/c1-12(2)17-19-14-5-3-4-6-15(14)22(17)10-16(23)20-7-8-21-13(9-20)11-25-18(21)24/h3-6,12-13H,7-11H2,1-2H3. The number of cyclic esters (lactones) is 1. The summed E-state index contributed by atoms with van der Waals surface area (Å²) in [6.07, 6.45) is -0.264. The van der Waals surface area contributed by atoms with Gasteiger partial charge in [-0.25, -0.2) is 9.78 Å². The monoisotopic (exact) mass is 342 g/mol. The lowest BCUT2D eigenvalue weighted by atomic mass is 10.2. The van der Waals surface area contributed by atoms with Crippen LogP contribution >= 0.6 is 0 Å². The zero-order chi connectivity index (χ0) is 17.6. The van der Waals surface area contributed by atoms with Crippen LogP contribution in [0.3, 0.4) is 0 Å². The first-order valence-electron chi connectivity index (χ1n) is 8.71. The number of para-hydroxylation sites is 2. The molecule has 2 fully saturated rings. The predicted octanol–water partition coefficient (Wildman–Crippen LogP) is 1.82. The van der Waals surface area contributed by atoms with Gasteiger partial charge in [0.1, 0.15) is 19.0 Å². The van der Waals surface area contributed by atoms with Gasteiger partial charge in [0.25, 0.3) is 0 Å². The van der Waals surface area contributed by atoms with E-state index in [9.17, 15) is 9.59 Å². The molecule has 0 bridgehead atoms.